The first-order valence-electron chi connectivity index (χ1n) is 5.57. The normalized spacial score (nSPS) is 34.0. The van der Waals surface area contributed by atoms with Crippen LogP contribution in [0.15, 0.2) is 0 Å². The van der Waals surface area contributed by atoms with Gasteiger partial charge in [0.25, 0.3) is 0 Å². The van der Waals surface area contributed by atoms with Crippen LogP contribution in [0.3, 0.4) is 0 Å². The van der Waals surface area contributed by atoms with E-state index >= 15 is 0 Å². The van der Waals surface area contributed by atoms with E-state index in [1.165, 1.54) is 19.5 Å². The first-order valence-corrected chi connectivity index (χ1v) is 5.57. The highest BCUT2D eigenvalue weighted by molar-refractivity contribution is 5.02. The Hall–Kier alpha value is -0.0400. The fourth-order valence-electron chi connectivity index (χ4n) is 3.30. The first-order chi connectivity index (χ1) is 5.86. The van der Waals surface area contributed by atoms with Gasteiger partial charge in [0.05, 0.1) is 0 Å². The maximum Gasteiger partial charge on any atom is 0.00204 e. The summed E-state index contributed by atoms with van der Waals surface area (Å²) in [5, 5.41) is 3.41. The maximum absolute atomic E-state index is 3.41. The molecule has 1 N–H and O–H groups in total. The molecule has 1 heteroatoms. The van der Waals surface area contributed by atoms with Gasteiger partial charge in [0.2, 0.25) is 0 Å². The first kappa shape index (κ1) is 7.37. The molecule has 1 heterocycles. The quantitative estimate of drug-likeness (QED) is 0.661. The lowest BCUT2D eigenvalue weighted by molar-refractivity contribution is -0.0160. The number of hydrogen-bond acceptors (Lipinski definition) is 1. The molecule has 0 aromatic carbocycles. The zero-order chi connectivity index (χ0) is 8.02. The molecule has 3 rings (SSSR count). The Kier molecular flexibility index (Phi) is 1.52. The van der Waals surface area contributed by atoms with Crippen molar-refractivity contribution >= 4 is 0 Å². The monoisotopic (exact) mass is 165 g/mol. The Morgan fingerprint density at radius 1 is 1.08 bits per heavy atom. The lowest BCUT2D eigenvalue weighted by Crippen LogP contribution is -2.60. The van der Waals surface area contributed by atoms with Gasteiger partial charge in [-0.05, 0) is 36.5 Å². The predicted molar refractivity (Wildman–Crippen MR) is 50.0 cm³/mol. The van der Waals surface area contributed by atoms with Gasteiger partial charge >= 0.3 is 0 Å². The fourth-order valence-corrected chi connectivity index (χ4v) is 3.30. The van der Waals surface area contributed by atoms with E-state index in [1.807, 2.05) is 0 Å². The molecule has 0 atom stereocenters. The van der Waals surface area contributed by atoms with Gasteiger partial charge in [-0.2, -0.15) is 0 Å². The van der Waals surface area contributed by atoms with Crippen molar-refractivity contribution in [3.8, 4) is 0 Å². The number of rotatable bonds is 2. The van der Waals surface area contributed by atoms with Crippen molar-refractivity contribution in [1.82, 2.24) is 5.32 Å². The van der Waals surface area contributed by atoms with Crippen LogP contribution in [-0.2, 0) is 0 Å². The molecule has 2 saturated carbocycles. The third kappa shape index (κ3) is 1.02. The van der Waals surface area contributed by atoms with Crippen LogP contribution in [0.4, 0.5) is 0 Å². The van der Waals surface area contributed by atoms with E-state index in [2.05, 4.69) is 5.32 Å². The van der Waals surface area contributed by atoms with E-state index in [0.717, 1.165) is 17.3 Å². The van der Waals surface area contributed by atoms with Crippen molar-refractivity contribution in [2.24, 2.45) is 17.3 Å². The van der Waals surface area contributed by atoms with E-state index < -0.39 is 0 Å². The van der Waals surface area contributed by atoms with Gasteiger partial charge < -0.3 is 5.32 Å². The lowest BCUT2D eigenvalue weighted by Gasteiger charge is -2.55. The highest BCUT2D eigenvalue weighted by atomic mass is 15.0. The Balaban J connectivity index is 1.43. The van der Waals surface area contributed by atoms with Crippen LogP contribution >= 0.6 is 0 Å². The average molecular weight is 165 g/mol. The minimum Gasteiger partial charge on any atom is -0.316 e. The van der Waals surface area contributed by atoms with Crippen molar-refractivity contribution in [2.75, 3.05) is 13.1 Å². The smallest absolute Gasteiger partial charge is 0.00204 e. The Labute approximate surface area is 74.9 Å². The molecule has 3 aliphatic rings. The maximum atomic E-state index is 3.41. The van der Waals surface area contributed by atoms with Gasteiger partial charge in [0.15, 0.2) is 0 Å². The molecule has 0 unspecified atom stereocenters. The van der Waals surface area contributed by atoms with Gasteiger partial charge in [-0.1, -0.05) is 19.3 Å². The van der Waals surface area contributed by atoms with E-state index in [0.29, 0.717) is 0 Å². The zero-order valence-corrected chi connectivity index (χ0v) is 7.81. The summed E-state index contributed by atoms with van der Waals surface area (Å²) in [5.74, 6) is 2.26. The van der Waals surface area contributed by atoms with Gasteiger partial charge in [-0.3, -0.25) is 0 Å². The molecular weight excluding hydrogens is 146 g/mol. The molecule has 0 aromatic heterocycles. The summed E-state index contributed by atoms with van der Waals surface area (Å²) in [6, 6.07) is 0. The molecule has 3 fully saturated rings. The molecule has 0 aromatic rings. The second-order valence-electron chi connectivity index (χ2n) is 5.41. The van der Waals surface area contributed by atoms with Crippen molar-refractivity contribution < 1.29 is 0 Å². The second-order valence-corrected chi connectivity index (χ2v) is 5.41. The molecule has 68 valence electrons. The fraction of sp³-hybridized carbons (Fsp3) is 1.00. The van der Waals surface area contributed by atoms with Gasteiger partial charge in [-0.25, -0.2) is 0 Å². The third-order valence-corrected chi connectivity index (χ3v) is 4.33. The Morgan fingerprint density at radius 3 is 2.25 bits per heavy atom. The molecule has 1 saturated heterocycles. The molecule has 0 amide bonds. The van der Waals surface area contributed by atoms with Crippen LogP contribution in [0.5, 0.6) is 0 Å². The Bertz CT molecular complexity index is 169. The van der Waals surface area contributed by atoms with E-state index in [1.54, 1.807) is 32.1 Å². The van der Waals surface area contributed by atoms with Crippen LogP contribution in [0.2, 0.25) is 0 Å². The lowest BCUT2D eigenvalue weighted by atomic mass is 9.56. The standard InChI is InChI=1S/C11H19N/c1-2-9(3-1)4-10-5-11(6-10)7-12-8-11/h9-10,12H,1-8H2. The van der Waals surface area contributed by atoms with Crippen molar-refractivity contribution in [3.05, 3.63) is 0 Å². The molecule has 1 aliphatic heterocycles. The molecule has 2 aliphatic carbocycles. The third-order valence-electron chi connectivity index (χ3n) is 4.33. The van der Waals surface area contributed by atoms with Crippen LogP contribution in [-0.4, -0.2) is 13.1 Å². The van der Waals surface area contributed by atoms with Gasteiger partial charge in [0, 0.05) is 13.1 Å². The average Bonchev–Trinajstić information content (AvgIpc) is 1.76. The number of nitrogens with one attached hydrogen (secondary N) is 1. The zero-order valence-electron chi connectivity index (χ0n) is 7.81. The summed E-state index contributed by atoms with van der Waals surface area (Å²) < 4.78 is 0. The number of hydrogen-bond donors (Lipinski definition) is 1. The van der Waals surface area contributed by atoms with Gasteiger partial charge in [0.1, 0.15) is 0 Å². The van der Waals surface area contributed by atoms with Crippen LogP contribution in [0.25, 0.3) is 0 Å². The topological polar surface area (TPSA) is 12.0 Å². The van der Waals surface area contributed by atoms with Crippen LogP contribution in [0, 0.1) is 17.3 Å². The summed E-state index contributed by atoms with van der Waals surface area (Å²) in [6.07, 6.45) is 9.28. The van der Waals surface area contributed by atoms with Crippen molar-refractivity contribution in [1.29, 1.82) is 0 Å². The molecule has 1 nitrogen and oxygen atoms in total. The second kappa shape index (κ2) is 2.47. The summed E-state index contributed by atoms with van der Waals surface area (Å²) in [7, 11) is 0. The molecule has 12 heavy (non-hydrogen) atoms. The van der Waals surface area contributed by atoms with E-state index in [-0.39, 0.29) is 0 Å². The largest absolute Gasteiger partial charge is 0.316 e. The molecule has 1 spiro atoms. The SMILES string of the molecule is C1CC(CC2CC3(CNC3)C2)C1. The highest BCUT2D eigenvalue weighted by Gasteiger charge is 2.48. The Morgan fingerprint density at radius 2 is 1.83 bits per heavy atom. The predicted octanol–water partition coefficient (Wildman–Crippen LogP) is 2.18. The summed E-state index contributed by atoms with van der Waals surface area (Å²) in [6.45, 7) is 2.66. The van der Waals surface area contributed by atoms with Crippen molar-refractivity contribution in [2.45, 2.75) is 38.5 Å². The minimum atomic E-state index is 0.814. The van der Waals surface area contributed by atoms with Crippen LogP contribution < -0.4 is 5.32 Å². The summed E-state index contributed by atoms with van der Waals surface area (Å²) >= 11 is 0. The molecule has 0 bridgehead atoms. The van der Waals surface area contributed by atoms with E-state index in [4.69, 9.17) is 0 Å². The summed E-state index contributed by atoms with van der Waals surface area (Å²) in [5.41, 5.74) is 0.814. The van der Waals surface area contributed by atoms with Crippen molar-refractivity contribution in [3.63, 3.8) is 0 Å². The van der Waals surface area contributed by atoms with E-state index in [9.17, 15) is 0 Å². The van der Waals surface area contributed by atoms with Crippen LogP contribution in [0.1, 0.15) is 38.5 Å². The summed E-state index contributed by atoms with van der Waals surface area (Å²) in [4.78, 5) is 0. The molecular formula is C11H19N. The highest BCUT2D eigenvalue weighted by Crippen LogP contribution is 2.52. The minimum absolute atomic E-state index is 0.814. The molecule has 0 radical (unpaired) electrons. The van der Waals surface area contributed by atoms with Gasteiger partial charge in [-0.15, -0.1) is 0 Å².